The lowest BCUT2D eigenvalue weighted by atomic mass is 9.74. The summed E-state index contributed by atoms with van der Waals surface area (Å²) >= 11 is 0. The Balaban J connectivity index is 1.61. The largest absolute Gasteiger partial charge is 0.594 e. The quantitative estimate of drug-likeness (QED) is 0.144. The summed E-state index contributed by atoms with van der Waals surface area (Å²) in [4.78, 5) is 0.579. The summed E-state index contributed by atoms with van der Waals surface area (Å²) in [5.41, 5.74) is 2.86. The van der Waals surface area contributed by atoms with E-state index in [0.717, 1.165) is 22.3 Å². The Morgan fingerprint density at radius 3 is 1.38 bits per heavy atom. The lowest BCUT2D eigenvalue weighted by molar-refractivity contribution is -0.435. The van der Waals surface area contributed by atoms with Crippen LogP contribution in [0.2, 0.25) is 0 Å². The van der Waals surface area contributed by atoms with Gasteiger partial charge in [0.2, 0.25) is 5.69 Å². The Morgan fingerprint density at radius 1 is 0.622 bits per heavy atom. The maximum absolute atomic E-state index is 12.8. The Bertz CT molecular complexity index is 1450. The molecular weight excluding hydrogens is 456 g/mol. The zero-order valence-corrected chi connectivity index (χ0v) is 21.0. The van der Waals surface area contributed by atoms with Crippen LogP contribution in [0.4, 0.5) is 11.4 Å². The molecule has 0 spiro atoms. The first-order valence-electron chi connectivity index (χ1n) is 12.4. The van der Waals surface area contributed by atoms with E-state index in [1.54, 1.807) is 24.3 Å². The Morgan fingerprint density at radius 2 is 1.00 bits per heavy atom. The molecule has 2 atom stereocenters. The van der Waals surface area contributed by atoms with Crippen LogP contribution in [0.5, 0.6) is 0 Å². The lowest BCUT2D eigenvalue weighted by Crippen LogP contribution is -2.24. The zero-order valence-electron chi connectivity index (χ0n) is 21.0. The Kier molecular flexibility index (Phi) is 7.47. The molecule has 37 heavy (non-hydrogen) atoms. The van der Waals surface area contributed by atoms with Gasteiger partial charge in [0.15, 0.2) is 0 Å². The van der Waals surface area contributed by atoms with Crippen molar-refractivity contribution in [3.8, 4) is 12.1 Å². The highest BCUT2D eigenvalue weighted by molar-refractivity contribution is 5.50. The average molecular weight is 485 g/mol. The minimum Gasteiger partial charge on any atom is -0.594 e. The molecule has 0 aromatic heterocycles. The van der Waals surface area contributed by atoms with Crippen molar-refractivity contribution in [2.24, 2.45) is 5.11 Å². The van der Waals surface area contributed by atoms with Gasteiger partial charge in [0.25, 0.3) is 0 Å². The summed E-state index contributed by atoms with van der Waals surface area (Å²) in [6.07, 6.45) is 1.23. The summed E-state index contributed by atoms with van der Waals surface area (Å²) in [7, 11) is 0. The molecule has 0 saturated heterocycles. The van der Waals surface area contributed by atoms with E-state index >= 15 is 0 Å². The molecule has 0 saturated carbocycles. The SMILES string of the molecule is CC[C@@](C#N)(c1ccccc1)c1ccc([N+]([O-])=Nc2ccc([C@](C#N)(CC)c3ccccc3)cc2)cc1. The van der Waals surface area contributed by atoms with Gasteiger partial charge in [0, 0.05) is 17.2 Å². The minimum absolute atomic E-state index is 0.369. The summed E-state index contributed by atoms with van der Waals surface area (Å²) in [5.74, 6) is 0. The molecule has 182 valence electrons. The molecule has 0 heterocycles. The average Bonchev–Trinajstić information content (AvgIpc) is 2.97. The fourth-order valence-electron chi connectivity index (χ4n) is 4.86. The van der Waals surface area contributed by atoms with Gasteiger partial charge in [0.05, 0.1) is 12.1 Å². The third-order valence-electron chi connectivity index (χ3n) is 7.12. The molecule has 0 amide bonds. The van der Waals surface area contributed by atoms with Crippen LogP contribution in [0.1, 0.15) is 48.9 Å². The molecule has 0 aliphatic heterocycles. The highest BCUT2D eigenvalue weighted by Gasteiger charge is 2.33. The van der Waals surface area contributed by atoms with Gasteiger partial charge in [-0.25, -0.2) is 0 Å². The van der Waals surface area contributed by atoms with E-state index in [4.69, 9.17) is 0 Å². The third-order valence-corrected chi connectivity index (χ3v) is 7.12. The molecule has 0 fully saturated rings. The molecule has 0 aliphatic rings. The van der Waals surface area contributed by atoms with E-state index in [0.29, 0.717) is 29.1 Å². The van der Waals surface area contributed by atoms with Crippen LogP contribution in [-0.2, 0) is 10.8 Å². The number of hydrogen-bond donors (Lipinski definition) is 0. The molecule has 4 aromatic carbocycles. The van der Waals surface area contributed by atoms with Crippen molar-refractivity contribution in [3.05, 3.63) is 137 Å². The molecule has 0 N–H and O–H groups in total. The number of rotatable bonds is 8. The van der Waals surface area contributed by atoms with Gasteiger partial charge in [-0.3, -0.25) is 0 Å². The lowest BCUT2D eigenvalue weighted by Gasteiger charge is -2.26. The van der Waals surface area contributed by atoms with Crippen LogP contribution < -0.4 is 0 Å². The van der Waals surface area contributed by atoms with E-state index in [9.17, 15) is 15.7 Å². The highest BCUT2D eigenvalue weighted by Crippen LogP contribution is 2.37. The fraction of sp³-hybridized carbons (Fsp3) is 0.188. The molecule has 0 unspecified atom stereocenters. The second kappa shape index (κ2) is 10.9. The van der Waals surface area contributed by atoms with E-state index in [1.165, 1.54) is 0 Å². The minimum atomic E-state index is -0.786. The van der Waals surface area contributed by atoms with Crippen LogP contribution in [0.3, 0.4) is 0 Å². The number of nitriles is 2. The highest BCUT2D eigenvalue weighted by atomic mass is 16.5. The Hall–Kier alpha value is -4.74. The van der Waals surface area contributed by atoms with Gasteiger partial charge in [0.1, 0.15) is 16.5 Å². The van der Waals surface area contributed by atoms with E-state index in [-0.39, 0.29) is 0 Å². The molecule has 4 rings (SSSR count). The molecule has 5 heteroatoms. The molecule has 0 bridgehead atoms. The van der Waals surface area contributed by atoms with Gasteiger partial charge in [-0.1, -0.05) is 104 Å². The predicted molar refractivity (Wildman–Crippen MR) is 145 cm³/mol. The van der Waals surface area contributed by atoms with Crippen molar-refractivity contribution in [3.63, 3.8) is 0 Å². The number of benzene rings is 4. The summed E-state index contributed by atoms with van der Waals surface area (Å²) in [6.45, 7) is 3.98. The van der Waals surface area contributed by atoms with E-state index in [1.807, 2.05) is 98.8 Å². The van der Waals surface area contributed by atoms with Crippen molar-refractivity contribution in [1.29, 1.82) is 10.5 Å². The number of hydrogen-bond acceptors (Lipinski definition) is 4. The van der Waals surface area contributed by atoms with Crippen LogP contribution in [-0.4, -0.2) is 4.86 Å². The summed E-state index contributed by atoms with van der Waals surface area (Å²) in [6, 6.07) is 38.7. The van der Waals surface area contributed by atoms with Crippen LogP contribution in [0.25, 0.3) is 0 Å². The van der Waals surface area contributed by atoms with Crippen molar-refractivity contribution >= 4 is 11.4 Å². The molecule has 5 nitrogen and oxygen atoms in total. The second-order valence-electron chi connectivity index (χ2n) is 8.94. The van der Waals surface area contributed by atoms with Crippen molar-refractivity contribution in [2.75, 3.05) is 0 Å². The molecule has 0 radical (unpaired) electrons. The second-order valence-corrected chi connectivity index (χ2v) is 8.94. The van der Waals surface area contributed by atoms with E-state index < -0.39 is 10.8 Å². The third kappa shape index (κ3) is 4.73. The van der Waals surface area contributed by atoms with Gasteiger partial charge >= 0.3 is 0 Å². The van der Waals surface area contributed by atoms with Crippen LogP contribution in [0, 0.1) is 27.9 Å². The van der Waals surface area contributed by atoms with Crippen LogP contribution >= 0.6 is 0 Å². The maximum Gasteiger partial charge on any atom is 0.244 e. The number of azo groups is 1. The molecule has 4 aromatic rings. The summed E-state index contributed by atoms with van der Waals surface area (Å²) < 4.78 is 0. The van der Waals surface area contributed by atoms with Crippen molar-refractivity contribution in [1.82, 2.24) is 0 Å². The Labute approximate surface area is 218 Å². The first-order chi connectivity index (χ1) is 18.0. The topological polar surface area (TPSA) is 86.0 Å². The van der Waals surface area contributed by atoms with Gasteiger partial charge in [-0.2, -0.15) is 10.5 Å². The van der Waals surface area contributed by atoms with Gasteiger partial charge in [-0.15, -0.1) is 0 Å². The standard InChI is InChI=1S/C32H28N4O/c1-3-31(23-33,25-11-7-5-8-12-25)27-15-19-29(20-16-27)35-36(37)30-21-17-28(18-22-30)32(4-2,24-34)26-13-9-6-10-14-26/h5-22H,3-4H2,1-2H3/t31-,32+/m0/s1. The van der Waals surface area contributed by atoms with Gasteiger partial charge in [-0.05, 0) is 47.2 Å². The predicted octanol–water partition coefficient (Wildman–Crippen LogP) is 8.05. The van der Waals surface area contributed by atoms with Crippen molar-refractivity contribution < 1.29 is 4.86 Å². The van der Waals surface area contributed by atoms with Gasteiger partial charge < -0.3 is 5.21 Å². The first-order valence-corrected chi connectivity index (χ1v) is 12.4. The summed E-state index contributed by atoms with van der Waals surface area (Å²) in [5, 5.41) is 37.2. The first kappa shape index (κ1) is 25.4. The zero-order chi connectivity index (χ0) is 26.3. The molecule has 0 aliphatic carbocycles. The van der Waals surface area contributed by atoms with Crippen LogP contribution in [0.15, 0.2) is 114 Å². The van der Waals surface area contributed by atoms with Crippen molar-refractivity contribution in [2.45, 2.75) is 37.5 Å². The van der Waals surface area contributed by atoms with E-state index in [2.05, 4.69) is 17.3 Å². The fourth-order valence-corrected chi connectivity index (χ4v) is 4.86. The monoisotopic (exact) mass is 484 g/mol. The normalized spacial score (nSPS) is 14.5. The maximum atomic E-state index is 12.8. The number of nitrogens with zero attached hydrogens (tertiary/aromatic N) is 4. The smallest absolute Gasteiger partial charge is 0.244 e. The molecular formula is C32H28N4O.